The average Bonchev–Trinajstić information content (AvgIpc) is 2.46. The van der Waals surface area contributed by atoms with E-state index >= 15 is 0 Å². The van der Waals surface area contributed by atoms with Gasteiger partial charge in [-0.25, -0.2) is 0 Å². The molecule has 20 heavy (non-hydrogen) atoms. The molecule has 4 heteroatoms. The van der Waals surface area contributed by atoms with Crippen molar-refractivity contribution in [1.29, 1.82) is 0 Å². The van der Waals surface area contributed by atoms with Gasteiger partial charge in [-0.3, -0.25) is 0 Å². The molecule has 0 saturated heterocycles. The van der Waals surface area contributed by atoms with Crippen molar-refractivity contribution < 1.29 is 14.6 Å². The van der Waals surface area contributed by atoms with Crippen molar-refractivity contribution in [3.8, 4) is 11.5 Å². The third-order valence-electron chi connectivity index (χ3n) is 2.98. The molecule has 2 aromatic carbocycles. The number of halogens is 1. The fourth-order valence-electron chi connectivity index (χ4n) is 1.80. The van der Waals surface area contributed by atoms with E-state index in [2.05, 4.69) is 22.6 Å². The minimum Gasteiger partial charge on any atom is -0.493 e. The van der Waals surface area contributed by atoms with Gasteiger partial charge in [0, 0.05) is 3.57 Å². The van der Waals surface area contributed by atoms with Gasteiger partial charge in [-0.1, -0.05) is 18.2 Å². The van der Waals surface area contributed by atoms with Crippen LogP contribution in [0.2, 0.25) is 0 Å². The standard InChI is InChI=1S/C16H17IO3/c1-11(18)13-5-8-15(16(9-13)19-2)20-10-12-3-6-14(17)7-4-12/h3-9,11,18H,10H2,1-2H3. The first-order valence-electron chi connectivity index (χ1n) is 6.33. The van der Waals surface area contributed by atoms with Crippen LogP contribution in [0.4, 0.5) is 0 Å². The highest BCUT2D eigenvalue weighted by molar-refractivity contribution is 14.1. The summed E-state index contributed by atoms with van der Waals surface area (Å²) in [4.78, 5) is 0. The SMILES string of the molecule is COc1cc(C(C)O)ccc1OCc1ccc(I)cc1. The van der Waals surface area contributed by atoms with Gasteiger partial charge < -0.3 is 14.6 Å². The van der Waals surface area contributed by atoms with Gasteiger partial charge in [0.25, 0.3) is 0 Å². The van der Waals surface area contributed by atoms with Crippen LogP contribution in [-0.2, 0) is 6.61 Å². The predicted octanol–water partition coefficient (Wildman–Crippen LogP) is 3.93. The van der Waals surface area contributed by atoms with Crippen LogP contribution >= 0.6 is 22.6 Å². The van der Waals surface area contributed by atoms with Gasteiger partial charge in [-0.15, -0.1) is 0 Å². The Balaban J connectivity index is 2.10. The zero-order valence-electron chi connectivity index (χ0n) is 11.5. The van der Waals surface area contributed by atoms with E-state index in [0.29, 0.717) is 18.1 Å². The second-order valence-corrected chi connectivity index (χ2v) is 5.75. The molecular formula is C16H17IO3. The lowest BCUT2D eigenvalue weighted by atomic mass is 10.1. The van der Waals surface area contributed by atoms with Crippen molar-refractivity contribution >= 4 is 22.6 Å². The number of methoxy groups -OCH3 is 1. The second-order valence-electron chi connectivity index (χ2n) is 4.50. The maximum Gasteiger partial charge on any atom is 0.161 e. The van der Waals surface area contributed by atoms with Crippen LogP contribution in [0.3, 0.4) is 0 Å². The summed E-state index contributed by atoms with van der Waals surface area (Å²) in [7, 11) is 1.60. The number of benzene rings is 2. The lowest BCUT2D eigenvalue weighted by molar-refractivity contribution is 0.198. The van der Waals surface area contributed by atoms with Gasteiger partial charge in [0.15, 0.2) is 11.5 Å². The molecular weight excluding hydrogens is 367 g/mol. The average molecular weight is 384 g/mol. The van der Waals surface area contributed by atoms with E-state index in [-0.39, 0.29) is 0 Å². The van der Waals surface area contributed by atoms with Gasteiger partial charge in [-0.2, -0.15) is 0 Å². The van der Waals surface area contributed by atoms with Gasteiger partial charge in [0.2, 0.25) is 0 Å². The van der Waals surface area contributed by atoms with E-state index in [1.54, 1.807) is 20.1 Å². The highest BCUT2D eigenvalue weighted by Gasteiger charge is 2.09. The fraction of sp³-hybridized carbons (Fsp3) is 0.250. The van der Waals surface area contributed by atoms with Crippen LogP contribution in [0, 0.1) is 3.57 Å². The van der Waals surface area contributed by atoms with Crippen molar-refractivity contribution in [2.45, 2.75) is 19.6 Å². The highest BCUT2D eigenvalue weighted by atomic mass is 127. The molecule has 0 spiro atoms. The number of ether oxygens (including phenoxy) is 2. The molecule has 0 aliphatic rings. The summed E-state index contributed by atoms with van der Waals surface area (Å²) in [5, 5.41) is 9.57. The molecule has 0 bridgehead atoms. The van der Waals surface area contributed by atoms with E-state index in [9.17, 15) is 5.11 Å². The zero-order chi connectivity index (χ0) is 14.5. The molecule has 0 aliphatic carbocycles. The minimum absolute atomic E-state index is 0.487. The third kappa shape index (κ3) is 3.86. The number of rotatable bonds is 5. The first kappa shape index (κ1) is 15.1. The number of hydrogen-bond acceptors (Lipinski definition) is 3. The van der Waals surface area contributed by atoms with Gasteiger partial charge >= 0.3 is 0 Å². The maximum atomic E-state index is 9.57. The summed E-state index contributed by atoms with van der Waals surface area (Å²) in [5.74, 6) is 1.31. The molecule has 3 nitrogen and oxygen atoms in total. The van der Waals surface area contributed by atoms with Crippen molar-refractivity contribution in [3.05, 3.63) is 57.2 Å². The highest BCUT2D eigenvalue weighted by Crippen LogP contribution is 2.30. The van der Waals surface area contributed by atoms with Crippen molar-refractivity contribution in [2.75, 3.05) is 7.11 Å². The van der Waals surface area contributed by atoms with E-state index < -0.39 is 6.10 Å². The predicted molar refractivity (Wildman–Crippen MR) is 87.1 cm³/mol. The largest absolute Gasteiger partial charge is 0.493 e. The van der Waals surface area contributed by atoms with E-state index in [1.165, 1.54) is 3.57 Å². The van der Waals surface area contributed by atoms with Crippen LogP contribution in [-0.4, -0.2) is 12.2 Å². The second kappa shape index (κ2) is 6.95. The smallest absolute Gasteiger partial charge is 0.161 e. The van der Waals surface area contributed by atoms with Crippen LogP contribution in [0.25, 0.3) is 0 Å². The normalized spacial score (nSPS) is 12.0. The first-order valence-corrected chi connectivity index (χ1v) is 7.41. The van der Waals surface area contributed by atoms with Crippen molar-refractivity contribution in [3.63, 3.8) is 0 Å². The van der Waals surface area contributed by atoms with E-state index in [4.69, 9.17) is 9.47 Å². The molecule has 0 amide bonds. The molecule has 0 radical (unpaired) electrons. The summed E-state index contributed by atoms with van der Waals surface area (Å²) < 4.78 is 12.3. The Morgan fingerprint density at radius 2 is 1.80 bits per heavy atom. The van der Waals surface area contributed by atoms with Gasteiger partial charge in [0.1, 0.15) is 6.61 Å². The molecule has 2 rings (SSSR count). The van der Waals surface area contributed by atoms with Crippen LogP contribution < -0.4 is 9.47 Å². The molecule has 106 valence electrons. The first-order chi connectivity index (χ1) is 9.60. The number of hydrogen-bond donors (Lipinski definition) is 1. The van der Waals surface area contributed by atoms with E-state index in [0.717, 1.165) is 11.1 Å². The summed E-state index contributed by atoms with van der Waals surface area (Å²) >= 11 is 2.27. The molecule has 0 saturated carbocycles. The van der Waals surface area contributed by atoms with E-state index in [1.807, 2.05) is 36.4 Å². The minimum atomic E-state index is -0.519. The monoisotopic (exact) mass is 384 g/mol. The summed E-state index contributed by atoms with van der Waals surface area (Å²) in [6.07, 6.45) is -0.519. The summed E-state index contributed by atoms with van der Waals surface area (Å²) in [6.45, 7) is 2.21. The molecule has 1 unspecified atom stereocenters. The molecule has 2 aromatic rings. The molecule has 1 N–H and O–H groups in total. The van der Waals surface area contributed by atoms with Crippen LogP contribution in [0.15, 0.2) is 42.5 Å². The lowest BCUT2D eigenvalue weighted by Gasteiger charge is -2.13. The summed E-state index contributed by atoms with van der Waals surface area (Å²) in [5.41, 5.74) is 1.91. The molecule has 1 atom stereocenters. The van der Waals surface area contributed by atoms with Crippen molar-refractivity contribution in [2.24, 2.45) is 0 Å². The summed E-state index contributed by atoms with van der Waals surface area (Å²) in [6, 6.07) is 13.6. The topological polar surface area (TPSA) is 38.7 Å². The zero-order valence-corrected chi connectivity index (χ0v) is 13.6. The Kier molecular flexibility index (Phi) is 5.25. The Morgan fingerprint density at radius 3 is 2.40 bits per heavy atom. The lowest BCUT2D eigenvalue weighted by Crippen LogP contribution is -1.99. The Morgan fingerprint density at radius 1 is 1.10 bits per heavy atom. The molecule has 0 fully saturated rings. The molecule has 0 aromatic heterocycles. The quantitative estimate of drug-likeness (QED) is 0.794. The van der Waals surface area contributed by atoms with Crippen molar-refractivity contribution in [1.82, 2.24) is 0 Å². The van der Waals surface area contributed by atoms with Gasteiger partial charge in [0.05, 0.1) is 13.2 Å². The molecule has 0 heterocycles. The third-order valence-corrected chi connectivity index (χ3v) is 3.70. The Hall–Kier alpha value is -1.27. The molecule has 0 aliphatic heterocycles. The number of aliphatic hydroxyl groups excluding tert-OH is 1. The van der Waals surface area contributed by atoms with Gasteiger partial charge in [-0.05, 0) is 64.9 Å². The van der Waals surface area contributed by atoms with Crippen LogP contribution in [0.5, 0.6) is 11.5 Å². The number of aliphatic hydroxyl groups is 1. The Bertz CT molecular complexity index is 564. The fourth-order valence-corrected chi connectivity index (χ4v) is 2.16. The Labute approximate surface area is 132 Å². The van der Waals surface area contributed by atoms with Crippen LogP contribution in [0.1, 0.15) is 24.2 Å². The maximum absolute atomic E-state index is 9.57.